The van der Waals surface area contributed by atoms with Gasteiger partial charge in [0.2, 0.25) is 0 Å². The molecule has 6 heteroatoms. The third kappa shape index (κ3) is 6.59. The first-order valence-corrected chi connectivity index (χ1v) is 3.58. The molecule has 0 radical (unpaired) electrons. The molecule has 3 N–H and O–H groups in total. The molecule has 76 valence electrons. The van der Waals surface area contributed by atoms with Crippen molar-refractivity contribution in [2.45, 2.75) is 0 Å². The second-order valence-electron chi connectivity index (χ2n) is 2.18. The number of rotatable bonds is 6. The van der Waals surface area contributed by atoms with Crippen LogP contribution in [0.25, 0.3) is 0 Å². The molecule has 0 unspecified atom stereocenters. The standard InChI is InChI=1S/C8H9NO5/c10-4-3-6(1-2-7(11)12)9-5-8(13)14/h1-4,9H,5H2,(H,11,12)(H,13,14)/b2-1-,6-3+. The zero-order chi connectivity index (χ0) is 11.0. The molecule has 0 saturated carbocycles. The monoisotopic (exact) mass is 199 g/mol. The molecule has 0 aliphatic carbocycles. The molecule has 0 aromatic rings. The maximum absolute atomic E-state index is 10.1. The largest absolute Gasteiger partial charge is 0.480 e. The SMILES string of the molecule is O=C/C=C(\C=C/C(=O)O)NCC(=O)O. The molecule has 0 spiro atoms. The number of allylic oxidation sites excluding steroid dienone is 2. The Balaban J connectivity index is 4.31. The second-order valence-corrected chi connectivity index (χ2v) is 2.18. The van der Waals surface area contributed by atoms with Gasteiger partial charge >= 0.3 is 11.9 Å². The number of carboxylic acids is 2. The van der Waals surface area contributed by atoms with Gasteiger partial charge in [0, 0.05) is 17.8 Å². The molecule has 0 aromatic carbocycles. The maximum Gasteiger partial charge on any atom is 0.328 e. The smallest absolute Gasteiger partial charge is 0.328 e. The highest BCUT2D eigenvalue weighted by Gasteiger charge is 1.97. The van der Waals surface area contributed by atoms with Crippen molar-refractivity contribution in [3.05, 3.63) is 23.9 Å². The number of aliphatic carboxylic acids is 2. The van der Waals surface area contributed by atoms with Gasteiger partial charge in [0.05, 0.1) is 0 Å². The summed E-state index contributed by atoms with van der Waals surface area (Å²) in [7, 11) is 0. The van der Waals surface area contributed by atoms with E-state index in [2.05, 4.69) is 5.32 Å². The van der Waals surface area contributed by atoms with Crippen molar-refractivity contribution < 1.29 is 24.6 Å². The molecule has 0 saturated heterocycles. The molecule has 0 fully saturated rings. The number of hydrogen-bond donors (Lipinski definition) is 3. The highest BCUT2D eigenvalue weighted by molar-refractivity contribution is 5.81. The summed E-state index contributed by atoms with van der Waals surface area (Å²) in [6, 6.07) is 0. The molecular formula is C8H9NO5. The van der Waals surface area contributed by atoms with E-state index in [0.717, 1.165) is 18.2 Å². The predicted molar refractivity (Wildman–Crippen MR) is 46.6 cm³/mol. The fourth-order valence-electron chi connectivity index (χ4n) is 0.585. The average molecular weight is 199 g/mol. The summed E-state index contributed by atoms with van der Waals surface area (Å²) in [5.74, 6) is -2.29. The van der Waals surface area contributed by atoms with Gasteiger partial charge < -0.3 is 15.5 Å². The van der Waals surface area contributed by atoms with Gasteiger partial charge in [-0.3, -0.25) is 9.59 Å². The molecule has 0 heterocycles. The number of aldehydes is 1. The Morgan fingerprint density at radius 1 is 1.21 bits per heavy atom. The van der Waals surface area contributed by atoms with Crippen molar-refractivity contribution in [2.75, 3.05) is 6.54 Å². The minimum Gasteiger partial charge on any atom is -0.480 e. The van der Waals surface area contributed by atoms with E-state index in [1.54, 1.807) is 0 Å². The predicted octanol–water partition coefficient (Wildman–Crippen LogP) is -0.616. The van der Waals surface area contributed by atoms with E-state index in [1.807, 2.05) is 0 Å². The molecule has 0 bridgehead atoms. The van der Waals surface area contributed by atoms with Gasteiger partial charge in [-0.2, -0.15) is 0 Å². The lowest BCUT2D eigenvalue weighted by Gasteiger charge is -2.01. The first-order valence-electron chi connectivity index (χ1n) is 3.58. The Kier molecular flexibility index (Phi) is 5.44. The third-order valence-corrected chi connectivity index (χ3v) is 1.10. The Hall–Kier alpha value is -2.11. The molecule has 0 aromatic heterocycles. The molecule has 0 amide bonds. The summed E-state index contributed by atoms with van der Waals surface area (Å²) in [5.41, 5.74) is 0.129. The van der Waals surface area contributed by atoms with Crippen LogP contribution in [-0.4, -0.2) is 35.0 Å². The van der Waals surface area contributed by atoms with Crippen LogP contribution in [0.5, 0.6) is 0 Å². The Bertz CT molecular complexity index is 292. The van der Waals surface area contributed by atoms with Crippen LogP contribution in [0.3, 0.4) is 0 Å². The number of nitrogens with one attached hydrogen (secondary N) is 1. The topological polar surface area (TPSA) is 104 Å². The van der Waals surface area contributed by atoms with Gasteiger partial charge in [-0.1, -0.05) is 0 Å². The first kappa shape index (κ1) is 11.9. The zero-order valence-corrected chi connectivity index (χ0v) is 7.14. The van der Waals surface area contributed by atoms with Crippen LogP contribution in [0.1, 0.15) is 0 Å². The van der Waals surface area contributed by atoms with Crippen molar-refractivity contribution in [2.24, 2.45) is 0 Å². The summed E-state index contributed by atoms with van der Waals surface area (Å²) in [4.78, 5) is 30.3. The van der Waals surface area contributed by atoms with Crippen LogP contribution in [0.2, 0.25) is 0 Å². The third-order valence-electron chi connectivity index (χ3n) is 1.10. The summed E-state index contributed by atoms with van der Waals surface area (Å²) >= 11 is 0. The van der Waals surface area contributed by atoms with Crippen molar-refractivity contribution in [1.29, 1.82) is 0 Å². The molecular weight excluding hydrogens is 190 g/mol. The molecule has 0 rings (SSSR count). The number of carbonyl (C=O) groups excluding carboxylic acids is 1. The Morgan fingerprint density at radius 2 is 1.86 bits per heavy atom. The summed E-state index contributed by atoms with van der Waals surface area (Å²) in [6.07, 6.45) is 3.35. The normalized spacial score (nSPS) is 11.3. The van der Waals surface area contributed by atoms with Crippen LogP contribution in [-0.2, 0) is 14.4 Å². The molecule has 14 heavy (non-hydrogen) atoms. The van der Waals surface area contributed by atoms with Crippen LogP contribution >= 0.6 is 0 Å². The number of carbonyl (C=O) groups is 3. The van der Waals surface area contributed by atoms with E-state index in [-0.39, 0.29) is 12.2 Å². The lowest BCUT2D eigenvalue weighted by molar-refractivity contribution is -0.136. The quantitative estimate of drug-likeness (QED) is 0.299. The van der Waals surface area contributed by atoms with E-state index >= 15 is 0 Å². The van der Waals surface area contributed by atoms with E-state index < -0.39 is 11.9 Å². The van der Waals surface area contributed by atoms with Crippen LogP contribution in [0, 0.1) is 0 Å². The van der Waals surface area contributed by atoms with E-state index in [1.165, 1.54) is 0 Å². The van der Waals surface area contributed by atoms with Crippen molar-refractivity contribution in [1.82, 2.24) is 5.32 Å². The fraction of sp³-hybridized carbons (Fsp3) is 0.125. The van der Waals surface area contributed by atoms with Crippen molar-refractivity contribution >= 4 is 18.2 Å². The zero-order valence-electron chi connectivity index (χ0n) is 7.14. The maximum atomic E-state index is 10.1. The lowest BCUT2D eigenvalue weighted by atomic mass is 10.3. The van der Waals surface area contributed by atoms with Crippen molar-refractivity contribution in [3.8, 4) is 0 Å². The summed E-state index contributed by atoms with van der Waals surface area (Å²) < 4.78 is 0. The first-order chi connectivity index (χ1) is 6.56. The van der Waals surface area contributed by atoms with E-state index in [0.29, 0.717) is 6.29 Å². The lowest BCUT2D eigenvalue weighted by Crippen LogP contribution is -2.21. The van der Waals surface area contributed by atoms with Gasteiger partial charge in [0.15, 0.2) is 0 Å². The highest BCUT2D eigenvalue weighted by Crippen LogP contribution is 1.90. The van der Waals surface area contributed by atoms with Gasteiger partial charge in [0.25, 0.3) is 0 Å². The van der Waals surface area contributed by atoms with Crippen LogP contribution < -0.4 is 5.32 Å². The molecule has 0 atom stereocenters. The summed E-state index contributed by atoms with van der Waals surface area (Å²) in [5, 5.41) is 18.9. The van der Waals surface area contributed by atoms with Crippen LogP contribution in [0.15, 0.2) is 23.9 Å². The second kappa shape index (κ2) is 6.41. The van der Waals surface area contributed by atoms with Gasteiger partial charge in [-0.15, -0.1) is 0 Å². The Morgan fingerprint density at radius 3 is 2.29 bits per heavy atom. The van der Waals surface area contributed by atoms with Gasteiger partial charge in [0.1, 0.15) is 12.8 Å². The molecule has 6 nitrogen and oxygen atoms in total. The minimum atomic E-state index is -1.18. The Labute approximate surface area is 79.5 Å². The van der Waals surface area contributed by atoms with Gasteiger partial charge in [-0.05, 0) is 6.08 Å². The molecule has 0 aliphatic heterocycles. The minimum absolute atomic E-state index is 0.129. The van der Waals surface area contributed by atoms with Crippen molar-refractivity contribution in [3.63, 3.8) is 0 Å². The fourth-order valence-corrected chi connectivity index (χ4v) is 0.585. The number of hydrogen-bond acceptors (Lipinski definition) is 4. The summed E-state index contributed by atoms with van der Waals surface area (Å²) in [6.45, 7) is -0.385. The van der Waals surface area contributed by atoms with E-state index in [4.69, 9.17) is 10.2 Å². The van der Waals surface area contributed by atoms with Gasteiger partial charge in [-0.25, -0.2) is 4.79 Å². The van der Waals surface area contributed by atoms with Crippen LogP contribution in [0.4, 0.5) is 0 Å². The highest BCUT2D eigenvalue weighted by atomic mass is 16.4. The van der Waals surface area contributed by atoms with E-state index in [9.17, 15) is 14.4 Å². The average Bonchev–Trinajstić information content (AvgIpc) is 2.09. The molecule has 0 aliphatic rings. The number of carboxylic acid groups (broad SMARTS) is 2.